The van der Waals surface area contributed by atoms with Crippen molar-refractivity contribution < 1.29 is 21.9 Å². The summed E-state index contributed by atoms with van der Waals surface area (Å²) in [5, 5.41) is 8.63. The van der Waals surface area contributed by atoms with Crippen LogP contribution in [0.5, 0.6) is 0 Å². The molecule has 0 aromatic heterocycles. The van der Waals surface area contributed by atoms with Crippen LogP contribution < -0.4 is 4.72 Å². The molecule has 8 heteroatoms. The van der Waals surface area contributed by atoms with Crippen molar-refractivity contribution in [2.24, 2.45) is 0 Å². The summed E-state index contributed by atoms with van der Waals surface area (Å²) in [5.74, 6) is -0.367. The number of sulfone groups is 1. The minimum atomic E-state index is -3.69. The Hall–Kier alpha value is -0.180. The SMILES string of the molecule is O=S1(=O)CCC(S(=O)(=O)NC2(CO)CCCCC2)C1. The molecule has 2 N–H and O–H groups in total. The van der Waals surface area contributed by atoms with E-state index in [9.17, 15) is 21.9 Å². The molecule has 0 radical (unpaired) electrons. The van der Waals surface area contributed by atoms with Gasteiger partial charge in [-0.1, -0.05) is 19.3 Å². The van der Waals surface area contributed by atoms with Crippen LogP contribution >= 0.6 is 0 Å². The molecule has 112 valence electrons. The fraction of sp³-hybridized carbons (Fsp3) is 1.00. The van der Waals surface area contributed by atoms with Gasteiger partial charge in [-0.2, -0.15) is 0 Å². The molecule has 1 heterocycles. The van der Waals surface area contributed by atoms with Gasteiger partial charge in [-0.05, 0) is 19.3 Å². The average molecular weight is 311 g/mol. The van der Waals surface area contributed by atoms with Gasteiger partial charge in [0.25, 0.3) is 0 Å². The second-order valence-corrected chi connectivity index (χ2v) is 9.86. The Balaban J connectivity index is 2.12. The molecular formula is C11H21NO5S2. The fourth-order valence-corrected chi connectivity index (χ4v) is 7.41. The molecule has 1 aliphatic heterocycles. The molecule has 1 saturated heterocycles. The lowest BCUT2D eigenvalue weighted by Gasteiger charge is -2.36. The zero-order chi connectivity index (χ0) is 14.1. The van der Waals surface area contributed by atoms with Crippen LogP contribution in [0.2, 0.25) is 0 Å². The zero-order valence-electron chi connectivity index (χ0n) is 10.8. The summed E-state index contributed by atoms with van der Waals surface area (Å²) in [6.07, 6.45) is 4.18. The average Bonchev–Trinajstić information content (AvgIpc) is 2.71. The molecule has 0 spiro atoms. The quantitative estimate of drug-likeness (QED) is 0.748. The van der Waals surface area contributed by atoms with Gasteiger partial charge < -0.3 is 5.11 Å². The second-order valence-electron chi connectivity index (χ2n) is 5.67. The van der Waals surface area contributed by atoms with Gasteiger partial charge in [-0.15, -0.1) is 0 Å². The highest BCUT2D eigenvalue weighted by molar-refractivity contribution is 7.95. The first-order chi connectivity index (χ1) is 8.79. The topological polar surface area (TPSA) is 101 Å². The van der Waals surface area contributed by atoms with E-state index in [1.165, 1.54) is 0 Å². The lowest BCUT2D eigenvalue weighted by molar-refractivity contribution is 0.142. The lowest BCUT2D eigenvalue weighted by Crippen LogP contribution is -2.54. The number of aliphatic hydroxyl groups is 1. The predicted molar refractivity (Wildman–Crippen MR) is 72.0 cm³/mol. The van der Waals surface area contributed by atoms with E-state index in [-0.39, 0.29) is 24.5 Å². The largest absolute Gasteiger partial charge is 0.394 e. The summed E-state index contributed by atoms with van der Waals surface area (Å²) < 4.78 is 49.9. The molecule has 1 atom stereocenters. The summed E-state index contributed by atoms with van der Waals surface area (Å²) in [4.78, 5) is 0. The van der Waals surface area contributed by atoms with Gasteiger partial charge in [0.15, 0.2) is 9.84 Å². The van der Waals surface area contributed by atoms with Gasteiger partial charge in [0.05, 0.1) is 28.9 Å². The van der Waals surface area contributed by atoms with E-state index in [0.717, 1.165) is 19.3 Å². The van der Waals surface area contributed by atoms with Crippen molar-refractivity contribution in [2.75, 3.05) is 18.1 Å². The Kier molecular flexibility index (Phi) is 4.25. The molecule has 2 fully saturated rings. The van der Waals surface area contributed by atoms with Crippen LogP contribution in [0.15, 0.2) is 0 Å². The van der Waals surface area contributed by atoms with Crippen molar-refractivity contribution in [3.8, 4) is 0 Å². The third-order valence-electron chi connectivity index (χ3n) is 4.10. The first-order valence-corrected chi connectivity index (χ1v) is 9.99. The molecule has 0 amide bonds. The first kappa shape index (κ1) is 15.2. The maximum atomic E-state index is 12.3. The van der Waals surface area contributed by atoms with Crippen molar-refractivity contribution in [1.82, 2.24) is 4.72 Å². The van der Waals surface area contributed by atoms with E-state index < -0.39 is 30.6 Å². The molecule has 1 unspecified atom stereocenters. The van der Waals surface area contributed by atoms with Crippen LogP contribution in [-0.4, -0.2) is 50.8 Å². The highest BCUT2D eigenvalue weighted by Crippen LogP contribution is 2.30. The van der Waals surface area contributed by atoms with Crippen molar-refractivity contribution >= 4 is 19.9 Å². The maximum absolute atomic E-state index is 12.3. The van der Waals surface area contributed by atoms with E-state index in [4.69, 9.17) is 0 Å². The molecule has 0 aromatic rings. The molecule has 2 aliphatic rings. The van der Waals surface area contributed by atoms with Gasteiger partial charge >= 0.3 is 0 Å². The summed E-state index contributed by atoms with van der Waals surface area (Å²) in [7, 11) is -6.92. The third kappa shape index (κ3) is 3.48. The van der Waals surface area contributed by atoms with Crippen LogP contribution in [-0.2, 0) is 19.9 Å². The molecule has 19 heavy (non-hydrogen) atoms. The number of sulfonamides is 1. The standard InChI is InChI=1S/C11H21NO5S2/c13-9-11(5-2-1-3-6-11)12-19(16,17)10-4-7-18(14,15)8-10/h10,12-13H,1-9H2. The van der Waals surface area contributed by atoms with Crippen molar-refractivity contribution in [3.05, 3.63) is 0 Å². The Bertz CT molecular complexity index is 519. The molecule has 1 saturated carbocycles. The van der Waals surface area contributed by atoms with Gasteiger partial charge in [0, 0.05) is 0 Å². The molecule has 0 bridgehead atoms. The highest BCUT2D eigenvalue weighted by Gasteiger charge is 2.42. The van der Waals surface area contributed by atoms with Crippen LogP contribution in [0.1, 0.15) is 38.5 Å². The molecule has 0 aromatic carbocycles. The molecular weight excluding hydrogens is 290 g/mol. The number of nitrogens with one attached hydrogen (secondary N) is 1. The zero-order valence-corrected chi connectivity index (χ0v) is 12.5. The minimum absolute atomic E-state index is 0.0648. The third-order valence-corrected chi connectivity index (χ3v) is 8.08. The number of hydrogen-bond acceptors (Lipinski definition) is 5. The number of rotatable bonds is 4. The van der Waals surface area contributed by atoms with E-state index in [2.05, 4.69) is 4.72 Å². The van der Waals surface area contributed by atoms with E-state index in [1.54, 1.807) is 0 Å². The van der Waals surface area contributed by atoms with E-state index in [0.29, 0.717) is 12.8 Å². The van der Waals surface area contributed by atoms with Crippen molar-refractivity contribution in [3.63, 3.8) is 0 Å². The van der Waals surface area contributed by atoms with Gasteiger partial charge in [0.1, 0.15) is 0 Å². The second kappa shape index (κ2) is 5.31. The Morgan fingerprint density at radius 3 is 2.32 bits per heavy atom. The molecule has 2 rings (SSSR count). The molecule has 6 nitrogen and oxygen atoms in total. The van der Waals surface area contributed by atoms with Gasteiger partial charge in [-0.25, -0.2) is 21.6 Å². The smallest absolute Gasteiger partial charge is 0.216 e. The predicted octanol–water partition coefficient (Wildman–Crippen LogP) is -0.212. The normalized spacial score (nSPS) is 30.3. The Morgan fingerprint density at radius 2 is 1.84 bits per heavy atom. The molecule has 1 aliphatic carbocycles. The minimum Gasteiger partial charge on any atom is -0.394 e. The monoisotopic (exact) mass is 311 g/mol. The van der Waals surface area contributed by atoms with Crippen LogP contribution in [0.3, 0.4) is 0 Å². The maximum Gasteiger partial charge on any atom is 0.216 e. The number of aliphatic hydroxyl groups excluding tert-OH is 1. The van der Waals surface area contributed by atoms with Crippen molar-refractivity contribution in [1.29, 1.82) is 0 Å². The summed E-state index contributed by atoms with van der Waals surface area (Å²) in [6.45, 7) is -0.230. The van der Waals surface area contributed by atoms with Gasteiger partial charge in [-0.3, -0.25) is 0 Å². The summed E-state index contributed by atoms with van der Waals surface area (Å²) >= 11 is 0. The Morgan fingerprint density at radius 1 is 1.21 bits per heavy atom. The van der Waals surface area contributed by atoms with Gasteiger partial charge in [0.2, 0.25) is 10.0 Å². The number of hydrogen-bond donors (Lipinski definition) is 2. The van der Waals surface area contributed by atoms with E-state index in [1.807, 2.05) is 0 Å². The van der Waals surface area contributed by atoms with Crippen LogP contribution in [0.4, 0.5) is 0 Å². The fourth-order valence-electron chi connectivity index (χ4n) is 2.91. The summed E-state index contributed by atoms with van der Waals surface area (Å²) in [6, 6.07) is 0. The van der Waals surface area contributed by atoms with Crippen LogP contribution in [0.25, 0.3) is 0 Å². The van der Waals surface area contributed by atoms with Crippen LogP contribution in [0, 0.1) is 0 Å². The van der Waals surface area contributed by atoms with E-state index >= 15 is 0 Å². The Labute approximate surface area is 114 Å². The van der Waals surface area contributed by atoms with Crippen molar-refractivity contribution in [2.45, 2.75) is 49.3 Å². The summed E-state index contributed by atoms with van der Waals surface area (Å²) in [5.41, 5.74) is -0.788. The first-order valence-electron chi connectivity index (χ1n) is 6.63. The highest BCUT2D eigenvalue weighted by atomic mass is 32.2. The lowest BCUT2D eigenvalue weighted by atomic mass is 9.83.